The first-order valence-corrected chi connectivity index (χ1v) is 8.01. The highest BCUT2D eigenvalue weighted by Gasteiger charge is 2.47. The minimum Gasteiger partial charge on any atom is -0.484 e. The Labute approximate surface area is 131 Å². The van der Waals surface area contributed by atoms with Gasteiger partial charge in [0, 0.05) is 25.6 Å². The second-order valence-electron chi connectivity index (χ2n) is 6.37. The van der Waals surface area contributed by atoms with Gasteiger partial charge >= 0.3 is 0 Å². The molecule has 2 aliphatic rings. The van der Waals surface area contributed by atoms with E-state index in [1.54, 1.807) is 0 Å². The summed E-state index contributed by atoms with van der Waals surface area (Å²) in [7, 11) is 0. The van der Waals surface area contributed by atoms with Crippen LogP contribution in [0.4, 0.5) is 0 Å². The minimum atomic E-state index is 0.0118. The lowest BCUT2D eigenvalue weighted by atomic mass is 9.71. The third-order valence-corrected chi connectivity index (χ3v) is 5.09. The van der Waals surface area contributed by atoms with Gasteiger partial charge in [0.15, 0.2) is 6.61 Å². The number of likely N-dealkylation sites (tertiary alicyclic amines) is 1. The highest BCUT2D eigenvalue weighted by molar-refractivity contribution is 5.78. The van der Waals surface area contributed by atoms with Crippen LogP contribution in [0.15, 0.2) is 30.3 Å². The molecule has 0 aromatic heterocycles. The molecular formula is C17H24N2O3. The number of amides is 1. The zero-order valence-electron chi connectivity index (χ0n) is 12.8. The number of rotatable bonds is 4. The summed E-state index contributed by atoms with van der Waals surface area (Å²) in [5.74, 6) is 0.915. The van der Waals surface area contributed by atoms with E-state index in [1.165, 1.54) is 0 Å². The number of aliphatic hydroxyl groups excluding tert-OH is 1. The summed E-state index contributed by atoms with van der Waals surface area (Å²) in [5.41, 5.74) is 0.0857. The molecule has 1 atom stereocenters. The van der Waals surface area contributed by atoms with Gasteiger partial charge in [-0.15, -0.1) is 0 Å². The highest BCUT2D eigenvalue weighted by Crippen LogP contribution is 2.43. The smallest absolute Gasteiger partial charge is 0.260 e. The molecule has 2 saturated heterocycles. The molecular weight excluding hydrogens is 280 g/mol. The van der Waals surface area contributed by atoms with E-state index in [2.05, 4.69) is 5.32 Å². The summed E-state index contributed by atoms with van der Waals surface area (Å²) in [6, 6.07) is 9.40. The van der Waals surface area contributed by atoms with Crippen LogP contribution in [0.2, 0.25) is 0 Å². The highest BCUT2D eigenvalue weighted by atomic mass is 16.5. The largest absolute Gasteiger partial charge is 0.484 e. The Bertz CT molecular complexity index is 500. The van der Waals surface area contributed by atoms with Gasteiger partial charge < -0.3 is 20.1 Å². The molecule has 1 unspecified atom stereocenters. The Morgan fingerprint density at radius 1 is 1.32 bits per heavy atom. The summed E-state index contributed by atoms with van der Waals surface area (Å²) < 4.78 is 5.56. The van der Waals surface area contributed by atoms with E-state index in [1.807, 2.05) is 35.2 Å². The van der Waals surface area contributed by atoms with Gasteiger partial charge in [-0.25, -0.2) is 0 Å². The van der Waals surface area contributed by atoms with Gasteiger partial charge in [0.25, 0.3) is 5.91 Å². The molecule has 120 valence electrons. The molecule has 0 saturated carbocycles. The quantitative estimate of drug-likeness (QED) is 0.867. The zero-order chi connectivity index (χ0) is 15.4. The van der Waals surface area contributed by atoms with Crippen molar-refractivity contribution in [1.29, 1.82) is 0 Å². The average Bonchev–Trinajstić information content (AvgIpc) is 2.92. The standard InChI is InChI=1S/C17H24N2O3/c20-11-14-10-19(13-17(14)6-8-18-9-7-17)16(21)12-22-15-4-2-1-3-5-15/h1-5,14,18,20H,6-13H2. The van der Waals surface area contributed by atoms with E-state index in [0.29, 0.717) is 12.3 Å². The van der Waals surface area contributed by atoms with Crippen LogP contribution in [0, 0.1) is 11.3 Å². The van der Waals surface area contributed by atoms with Crippen LogP contribution in [-0.4, -0.2) is 55.3 Å². The van der Waals surface area contributed by atoms with Crippen LogP contribution in [0.25, 0.3) is 0 Å². The maximum Gasteiger partial charge on any atom is 0.260 e. The molecule has 2 N–H and O–H groups in total. The lowest BCUT2D eigenvalue weighted by molar-refractivity contribution is -0.132. The van der Waals surface area contributed by atoms with Crippen molar-refractivity contribution in [2.24, 2.45) is 11.3 Å². The first-order chi connectivity index (χ1) is 10.7. The Hall–Kier alpha value is -1.59. The van der Waals surface area contributed by atoms with Gasteiger partial charge in [0.1, 0.15) is 5.75 Å². The van der Waals surface area contributed by atoms with Crippen LogP contribution >= 0.6 is 0 Å². The van der Waals surface area contributed by atoms with Crippen molar-refractivity contribution in [3.8, 4) is 5.75 Å². The number of nitrogens with zero attached hydrogens (tertiary/aromatic N) is 1. The summed E-state index contributed by atoms with van der Waals surface area (Å²) in [4.78, 5) is 14.3. The number of aliphatic hydroxyl groups is 1. The fourth-order valence-electron chi connectivity index (χ4n) is 3.72. The Balaban J connectivity index is 1.59. The minimum absolute atomic E-state index is 0.0118. The number of nitrogens with one attached hydrogen (secondary N) is 1. The molecule has 1 spiro atoms. The Kier molecular flexibility index (Phi) is 4.64. The second-order valence-corrected chi connectivity index (χ2v) is 6.37. The first-order valence-electron chi connectivity index (χ1n) is 8.01. The first kappa shape index (κ1) is 15.3. The van der Waals surface area contributed by atoms with Gasteiger partial charge in [-0.3, -0.25) is 4.79 Å². The molecule has 1 aromatic rings. The lowest BCUT2D eigenvalue weighted by Gasteiger charge is -2.37. The van der Waals surface area contributed by atoms with E-state index in [4.69, 9.17) is 4.74 Å². The van der Waals surface area contributed by atoms with Crippen molar-refractivity contribution in [3.05, 3.63) is 30.3 Å². The molecule has 0 aliphatic carbocycles. The number of carbonyl (C=O) groups excluding carboxylic acids is 1. The normalized spacial score (nSPS) is 23.7. The van der Waals surface area contributed by atoms with Gasteiger partial charge in [0.05, 0.1) is 0 Å². The SMILES string of the molecule is O=C(COc1ccccc1)N1CC(CO)C2(CCNCC2)C1. The molecule has 2 heterocycles. The average molecular weight is 304 g/mol. The number of para-hydroxylation sites is 1. The van der Waals surface area contributed by atoms with E-state index in [-0.39, 0.29) is 30.5 Å². The summed E-state index contributed by atoms with van der Waals surface area (Å²) in [6.07, 6.45) is 2.06. The van der Waals surface area contributed by atoms with Gasteiger partial charge in [-0.05, 0) is 43.5 Å². The molecule has 5 heteroatoms. The van der Waals surface area contributed by atoms with Crippen LogP contribution in [-0.2, 0) is 4.79 Å². The van der Waals surface area contributed by atoms with Crippen molar-refractivity contribution < 1.29 is 14.6 Å². The number of benzene rings is 1. The topological polar surface area (TPSA) is 61.8 Å². The van der Waals surface area contributed by atoms with Crippen LogP contribution in [0.1, 0.15) is 12.8 Å². The maximum atomic E-state index is 12.4. The third-order valence-electron chi connectivity index (χ3n) is 5.09. The van der Waals surface area contributed by atoms with Crippen molar-refractivity contribution in [2.75, 3.05) is 39.4 Å². The fraction of sp³-hybridized carbons (Fsp3) is 0.588. The predicted octanol–water partition coefficient (Wildman–Crippen LogP) is 0.886. The van der Waals surface area contributed by atoms with Crippen LogP contribution in [0.3, 0.4) is 0 Å². The van der Waals surface area contributed by atoms with Crippen molar-refractivity contribution >= 4 is 5.91 Å². The number of hydrogen-bond donors (Lipinski definition) is 2. The fourth-order valence-corrected chi connectivity index (χ4v) is 3.72. The monoisotopic (exact) mass is 304 g/mol. The Morgan fingerprint density at radius 3 is 2.73 bits per heavy atom. The number of piperidine rings is 1. The molecule has 0 bridgehead atoms. The van der Waals surface area contributed by atoms with E-state index in [9.17, 15) is 9.90 Å². The molecule has 2 aliphatic heterocycles. The predicted molar refractivity (Wildman–Crippen MR) is 83.6 cm³/mol. The van der Waals surface area contributed by atoms with Gasteiger partial charge in [-0.2, -0.15) is 0 Å². The van der Waals surface area contributed by atoms with Crippen LogP contribution in [0.5, 0.6) is 5.75 Å². The van der Waals surface area contributed by atoms with Gasteiger partial charge in [-0.1, -0.05) is 18.2 Å². The number of hydrogen-bond acceptors (Lipinski definition) is 4. The van der Waals surface area contributed by atoms with Gasteiger partial charge in [0.2, 0.25) is 0 Å². The third kappa shape index (κ3) is 3.10. The van der Waals surface area contributed by atoms with E-state index >= 15 is 0 Å². The van der Waals surface area contributed by atoms with Crippen LogP contribution < -0.4 is 10.1 Å². The maximum absolute atomic E-state index is 12.4. The number of ether oxygens (including phenoxy) is 1. The van der Waals surface area contributed by atoms with E-state index in [0.717, 1.165) is 32.5 Å². The molecule has 3 rings (SSSR count). The molecule has 1 aromatic carbocycles. The van der Waals surface area contributed by atoms with Crippen molar-refractivity contribution in [1.82, 2.24) is 10.2 Å². The summed E-state index contributed by atoms with van der Waals surface area (Å²) in [5, 5.41) is 13.1. The molecule has 0 radical (unpaired) electrons. The second kappa shape index (κ2) is 6.67. The molecule has 2 fully saturated rings. The molecule has 22 heavy (non-hydrogen) atoms. The van der Waals surface area contributed by atoms with Crippen molar-refractivity contribution in [3.63, 3.8) is 0 Å². The summed E-state index contributed by atoms with van der Waals surface area (Å²) in [6.45, 7) is 3.56. The lowest BCUT2D eigenvalue weighted by Crippen LogP contribution is -2.43. The summed E-state index contributed by atoms with van der Waals surface area (Å²) >= 11 is 0. The Morgan fingerprint density at radius 2 is 2.05 bits per heavy atom. The van der Waals surface area contributed by atoms with Crippen molar-refractivity contribution in [2.45, 2.75) is 12.8 Å². The van der Waals surface area contributed by atoms with E-state index < -0.39 is 0 Å². The number of carbonyl (C=O) groups is 1. The molecule has 5 nitrogen and oxygen atoms in total. The zero-order valence-corrected chi connectivity index (χ0v) is 12.8. The molecule has 1 amide bonds.